The van der Waals surface area contributed by atoms with Crippen LogP contribution in [0.3, 0.4) is 0 Å². The van der Waals surface area contributed by atoms with Crippen molar-refractivity contribution < 1.29 is 31.5 Å². The number of benzene rings is 1. The summed E-state index contributed by atoms with van der Waals surface area (Å²) >= 11 is 0. The van der Waals surface area contributed by atoms with Crippen molar-refractivity contribution in [2.45, 2.75) is 23.5 Å². The number of alkyl halides is 3. The van der Waals surface area contributed by atoms with Crippen molar-refractivity contribution in [3.63, 3.8) is 0 Å². The van der Waals surface area contributed by atoms with E-state index in [-0.39, 0.29) is 6.04 Å². The lowest BCUT2D eigenvalue weighted by Gasteiger charge is -2.22. The van der Waals surface area contributed by atoms with Gasteiger partial charge in [0.2, 0.25) is 10.0 Å². The molecule has 2 aliphatic heterocycles. The highest BCUT2D eigenvalue weighted by atomic mass is 32.2. The van der Waals surface area contributed by atoms with Gasteiger partial charge in [-0.2, -0.15) is 17.5 Å². The highest BCUT2D eigenvalue weighted by molar-refractivity contribution is 7.89. The predicted octanol–water partition coefficient (Wildman–Crippen LogP) is 2.36. The number of aliphatic carboxylic acids is 1. The molecule has 3 heterocycles. The number of fused-ring (bicyclic) bond motifs is 1. The molecule has 1 aromatic heterocycles. The van der Waals surface area contributed by atoms with Gasteiger partial charge in [-0.15, -0.1) is 0 Å². The molecule has 2 saturated heterocycles. The molecule has 2 aromatic rings. The highest BCUT2D eigenvalue weighted by Crippen LogP contribution is 2.32. The summed E-state index contributed by atoms with van der Waals surface area (Å²) in [7, 11) is -3.41. The summed E-state index contributed by atoms with van der Waals surface area (Å²) in [5.74, 6) is -2.30. The van der Waals surface area contributed by atoms with Crippen LogP contribution >= 0.6 is 0 Å². The summed E-state index contributed by atoms with van der Waals surface area (Å²) in [5.41, 5.74) is 1.96. The van der Waals surface area contributed by atoms with Crippen molar-refractivity contribution in [3.8, 4) is 11.1 Å². The monoisotopic (exact) mass is 443 g/mol. The fourth-order valence-corrected chi connectivity index (χ4v) is 5.30. The number of pyridine rings is 1. The van der Waals surface area contributed by atoms with Gasteiger partial charge in [0.1, 0.15) is 0 Å². The smallest absolute Gasteiger partial charge is 0.475 e. The Morgan fingerprint density at radius 1 is 1.13 bits per heavy atom. The maximum absolute atomic E-state index is 12.9. The average Bonchev–Trinajstić information content (AvgIpc) is 3.32. The Labute approximate surface area is 171 Å². The Kier molecular flexibility index (Phi) is 6.44. The van der Waals surface area contributed by atoms with Gasteiger partial charge >= 0.3 is 12.1 Å². The Morgan fingerprint density at radius 2 is 1.80 bits per heavy atom. The van der Waals surface area contributed by atoms with Crippen LogP contribution in [0.1, 0.15) is 6.42 Å². The van der Waals surface area contributed by atoms with Crippen LogP contribution in [0.4, 0.5) is 13.2 Å². The first-order valence-electron chi connectivity index (χ1n) is 9.14. The maximum Gasteiger partial charge on any atom is 0.490 e. The number of hydrogen-bond donors (Lipinski definition) is 2. The molecule has 0 unspecified atom stereocenters. The summed E-state index contributed by atoms with van der Waals surface area (Å²) < 4.78 is 59.2. The van der Waals surface area contributed by atoms with E-state index in [9.17, 15) is 21.6 Å². The maximum atomic E-state index is 12.9. The lowest BCUT2D eigenvalue weighted by atomic mass is 10.1. The number of aromatic nitrogens is 1. The van der Waals surface area contributed by atoms with Crippen LogP contribution in [-0.2, 0) is 14.8 Å². The number of carboxylic acids is 1. The van der Waals surface area contributed by atoms with Gasteiger partial charge in [-0.25, -0.2) is 13.2 Å². The Balaban J connectivity index is 0.000000318. The van der Waals surface area contributed by atoms with E-state index in [1.807, 2.05) is 24.3 Å². The van der Waals surface area contributed by atoms with Gasteiger partial charge in [0.05, 0.1) is 4.90 Å². The summed E-state index contributed by atoms with van der Waals surface area (Å²) in [6.45, 7) is 2.32. The fourth-order valence-electron chi connectivity index (χ4n) is 3.60. The highest BCUT2D eigenvalue weighted by Gasteiger charge is 2.43. The second-order valence-electron chi connectivity index (χ2n) is 6.96. The van der Waals surface area contributed by atoms with Crippen molar-refractivity contribution >= 4 is 16.0 Å². The second kappa shape index (κ2) is 8.70. The van der Waals surface area contributed by atoms with Crippen LogP contribution in [0, 0.1) is 5.92 Å². The molecule has 30 heavy (non-hydrogen) atoms. The topological polar surface area (TPSA) is 99.6 Å². The third kappa shape index (κ3) is 4.79. The zero-order valence-electron chi connectivity index (χ0n) is 15.7. The third-order valence-corrected chi connectivity index (χ3v) is 7.03. The quantitative estimate of drug-likeness (QED) is 0.756. The number of rotatable bonds is 3. The largest absolute Gasteiger partial charge is 0.490 e. The minimum atomic E-state index is -5.08. The van der Waals surface area contributed by atoms with E-state index in [2.05, 4.69) is 10.3 Å². The molecule has 0 bridgehead atoms. The van der Waals surface area contributed by atoms with Gasteiger partial charge in [-0.05, 0) is 48.2 Å². The Morgan fingerprint density at radius 3 is 2.37 bits per heavy atom. The van der Waals surface area contributed by atoms with Gasteiger partial charge in [-0.3, -0.25) is 4.98 Å². The molecule has 2 atom stereocenters. The number of carbonyl (C=O) groups is 1. The van der Waals surface area contributed by atoms with E-state index in [0.29, 0.717) is 17.4 Å². The molecule has 162 valence electrons. The number of halogens is 3. The minimum absolute atomic E-state index is 0.109. The minimum Gasteiger partial charge on any atom is -0.475 e. The van der Waals surface area contributed by atoms with Gasteiger partial charge < -0.3 is 10.4 Å². The van der Waals surface area contributed by atoms with Crippen LogP contribution in [-0.4, -0.2) is 60.6 Å². The van der Waals surface area contributed by atoms with Crippen molar-refractivity contribution in [1.82, 2.24) is 14.6 Å². The first kappa shape index (κ1) is 22.2. The molecule has 2 fully saturated rings. The van der Waals surface area contributed by atoms with Gasteiger partial charge in [0, 0.05) is 31.5 Å². The molecule has 4 rings (SSSR count). The lowest BCUT2D eigenvalue weighted by molar-refractivity contribution is -0.192. The van der Waals surface area contributed by atoms with E-state index in [1.165, 1.54) is 0 Å². The van der Waals surface area contributed by atoms with Crippen LogP contribution in [0.15, 0.2) is 53.7 Å². The molecule has 0 saturated carbocycles. The molecule has 7 nitrogen and oxygen atoms in total. The summed E-state index contributed by atoms with van der Waals surface area (Å²) in [6.07, 6.45) is -0.634. The summed E-state index contributed by atoms with van der Waals surface area (Å²) in [6, 6.07) is 11.1. The molecule has 0 spiro atoms. The number of nitrogens with one attached hydrogen (secondary N) is 1. The van der Waals surface area contributed by atoms with Gasteiger partial charge in [0.25, 0.3) is 0 Å². The predicted molar refractivity (Wildman–Crippen MR) is 102 cm³/mol. The van der Waals surface area contributed by atoms with E-state index in [4.69, 9.17) is 9.90 Å². The molecule has 0 radical (unpaired) electrons. The van der Waals surface area contributed by atoms with E-state index < -0.39 is 22.2 Å². The van der Waals surface area contributed by atoms with Crippen LogP contribution < -0.4 is 5.32 Å². The molecular formula is C19H20F3N3O4S. The Hall–Kier alpha value is -2.50. The average molecular weight is 443 g/mol. The molecule has 1 aromatic carbocycles. The van der Waals surface area contributed by atoms with E-state index in [1.54, 1.807) is 28.8 Å². The second-order valence-corrected chi connectivity index (χ2v) is 8.85. The standard InChI is InChI=1S/C17H19N3O2S.C2HF3O2/c21-23(22,20-9-7-15-11-19-12-17(15)20)16-5-3-13(4-6-16)14-2-1-8-18-10-14;3-2(4,5)1(6)7/h1-6,8,10,15,17,19H,7,9,11-12H2;(H,6,7)/t15-,17+;/m1./s1. The van der Waals surface area contributed by atoms with E-state index >= 15 is 0 Å². The van der Waals surface area contributed by atoms with Crippen molar-refractivity contribution in [3.05, 3.63) is 48.8 Å². The summed E-state index contributed by atoms with van der Waals surface area (Å²) in [5, 5.41) is 10.4. The number of nitrogens with zero attached hydrogens (tertiary/aromatic N) is 2. The van der Waals surface area contributed by atoms with Crippen LogP contribution in [0.5, 0.6) is 0 Å². The molecule has 11 heteroatoms. The van der Waals surface area contributed by atoms with Crippen molar-refractivity contribution in [1.29, 1.82) is 0 Å². The third-order valence-electron chi connectivity index (χ3n) is 5.09. The number of sulfonamides is 1. The first-order chi connectivity index (χ1) is 14.1. The van der Waals surface area contributed by atoms with Crippen molar-refractivity contribution in [2.75, 3.05) is 19.6 Å². The SMILES string of the molecule is O=C(O)C(F)(F)F.O=S(=O)(c1ccc(-c2cccnc2)cc1)N1CC[C@@H]2CNC[C@@H]21. The van der Waals surface area contributed by atoms with Crippen LogP contribution in [0.25, 0.3) is 11.1 Å². The lowest BCUT2D eigenvalue weighted by Crippen LogP contribution is -2.38. The first-order valence-corrected chi connectivity index (χ1v) is 10.6. The molecule has 0 aliphatic carbocycles. The fraction of sp³-hybridized carbons (Fsp3) is 0.368. The Bertz CT molecular complexity index is 982. The van der Waals surface area contributed by atoms with E-state index in [0.717, 1.165) is 30.6 Å². The molecule has 0 amide bonds. The number of carboxylic acid groups (broad SMARTS) is 1. The molecular weight excluding hydrogens is 423 g/mol. The van der Waals surface area contributed by atoms with Crippen LogP contribution in [0.2, 0.25) is 0 Å². The normalized spacial score (nSPS) is 21.6. The zero-order chi connectivity index (χ0) is 21.9. The van der Waals surface area contributed by atoms with Crippen molar-refractivity contribution in [2.24, 2.45) is 5.92 Å². The summed E-state index contributed by atoms with van der Waals surface area (Å²) in [4.78, 5) is 13.4. The molecule has 2 N–H and O–H groups in total. The van der Waals surface area contributed by atoms with Gasteiger partial charge in [-0.1, -0.05) is 18.2 Å². The van der Waals surface area contributed by atoms with Gasteiger partial charge in [0.15, 0.2) is 0 Å². The number of hydrogen-bond acceptors (Lipinski definition) is 5. The molecule has 2 aliphatic rings. The zero-order valence-corrected chi connectivity index (χ0v) is 16.5.